The first-order chi connectivity index (χ1) is 10.1. The molecule has 1 aliphatic rings. The van der Waals surface area contributed by atoms with Crippen LogP contribution in [0.25, 0.3) is 0 Å². The number of halogens is 2. The van der Waals surface area contributed by atoms with E-state index in [2.05, 4.69) is 43.2 Å². The van der Waals surface area contributed by atoms with Crippen molar-refractivity contribution in [3.8, 4) is 5.75 Å². The third kappa shape index (κ3) is 3.14. The maximum atomic E-state index is 12.1. The molecule has 2 aromatic carbocycles. The molecule has 1 amide bonds. The van der Waals surface area contributed by atoms with Crippen molar-refractivity contribution in [1.29, 1.82) is 0 Å². The molecule has 0 saturated carbocycles. The maximum Gasteiger partial charge on any atom is 0.255 e. The van der Waals surface area contributed by atoms with Crippen molar-refractivity contribution < 1.29 is 9.53 Å². The van der Waals surface area contributed by atoms with E-state index >= 15 is 0 Å². The summed E-state index contributed by atoms with van der Waals surface area (Å²) in [6.45, 7) is 1.04. The van der Waals surface area contributed by atoms with Crippen molar-refractivity contribution in [3.05, 3.63) is 63.6 Å². The summed E-state index contributed by atoms with van der Waals surface area (Å²) in [7, 11) is 0. The first kappa shape index (κ1) is 14.6. The predicted octanol–water partition coefficient (Wildman–Crippen LogP) is 4.06. The summed E-state index contributed by atoms with van der Waals surface area (Å²) in [4.78, 5) is 12.1. The van der Waals surface area contributed by atoms with Crippen LogP contribution in [0, 0.1) is 0 Å². The Bertz CT molecular complexity index is 688. The number of fused-ring (bicyclic) bond motifs is 1. The van der Waals surface area contributed by atoms with Gasteiger partial charge in [0.1, 0.15) is 12.4 Å². The molecule has 1 heterocycles. The zero-order valence-corrected chi connectivity index (χ0v) is 14.3. The second kappa shape index (κ2) is 6.20. The van der Waals surface area contributed by atoms with E-state index in [0.717, 1.165) is 15.6 Å². The van der Waals surface area contributed by atoms with Gasteiger partial charge in [-0.1, -0.05) is 50.1 Å². The summed E-state index contributed by atoms with van der Waals surface area (Å²) in [5, 5.41) is 2.83. The molecular formula is C16H13Br2NO2. The number of alkyl halides is 1. The molecule has 1 N–H and O–H groups in total. The third-order valence-electron chi connectivity index (χ3n) is 3.33. The number of rotatable bonds is 2. The lowest BCUT2D eigenvalue weighted by Gasteiger charge is -2.14. The Kier molecular flexibility index (Phi) is 4.31. The highest BCUT2D eigenvalue weighted by atomic mass is 79.9. The zero-order chi connectivity index (χ0) is 14.8. The fraction of sp³-hybridized carbons (Fsp3) is 0.188. The molecule has 3 nitrogen and oxygen atoms in total. The predicted molar refractivity (Wildman–Crippen MR) is 89.2 cm³/mol. The van der Waals surface area contributed by atoms with Crippen LogP contribution >= 0.6 is 31.9 Å². The highest BCUT2D eigenvalue weighted by Gasteiger charge is 2.19. The molecular weight excluding hydrogens is 398 g/mol. The van der Waals surface area contributed by atoms with E-state index in [1.165, 1.54) is 0 Å². The van der Waals surface area contributed by atoms with E-state index in [4.69, 9.17) is 4.74 Å². The molecule has 3 rings (SSSR count). The smallest absolute Gasteiger partial charge is 0.255 e. The fourth-order valence-corrected chi connectivity index (χ4v) is 3.27. The van der Waals surface area contributed by atoms with Crippen LogP contribution in [0.2, 0.25) is 0 Å². The van der Waals surface area contributed by atoms with Gasteiger partial charge in [0.05, 0.1) is 16.9 Å². The molecule has 0 bridgehead atoms. The molecule has 1 unspecified atom stereocenters. The van der Waals surface area contributed by atoms with E-state index in [1.54, 1.807) is 0 Å². The van der Waals surface area contributed by atoms with Gasteiger partial charge in [-0.3, -0.25) is 4.79 Å². The molecule has 0 aromatic heterocycles. The molecule has 2 aromatic rings. The fourth-order valence-electron chi connectivity index (χ4n) is 2.29. The van der Waals surface area contributed by atoms with Crippen LogP contribution in [0.5, 0.6) is 5.75 Å². The third-order valence-corrected chi connectivity index (χ3v) is 4.88. The minimum absolute atomic E-state index is 0.0244. The molecule has 108 valence electrons. The van der Waals surface area contributed by atoms with E-state index in [0.29, 0.717) is 24.5 Å². The normalized spacial score (nSPS) is 15.4. The Morgan fingerprint density at radius 3 is 2.76 bits per heavy atom. The number of carbonyl (C=O) groups excluding carboxylic acids is 1. The van der Waals surface area contributed by atoms with Crippen molar-refractivity contribution in [2.24, 2.45) is 0 Å². The van der Waals surface area contributed by atoms with Crippen molar-refractivity contribution >= 4 is 37.8 Å². The van der Waals surface area contributed by atoms with Gasteiger partial charge < -0.3 is 10.1 Å². The Hall–Kier alpha value is -1.33. The number of benzene rings is 2. The number of nitrogens with one attached hydrogen (secondary N) is 1. The van der Waals surface area contributed by atoms with Crippen molar-refractivity contribution in [2.45, 2.75) is 4.83 Å². The highest BCUT2D eigenvalue weighted by Crippen LogP contribution is 2.34. The Morgan fingerprint density at radius 2 is 1.95 bits per heavy atom. The molecule has 1 aliphatic heterocycles. The first-order valence-corrected chi connectivity index (χ1v) is 8.30. The largest absolute Gasteiger partial charge is 0.491 e. The standard InChI is InChI=1S/C16H13Br2NO2/c17-12-3-1-2-10(8-12)15(18)11-4-5-14-13(9-11)16(20)19-6-7-21-14/h1-5,8-9,15H,6-7H2,(H,19,20). The SMILES string of the molecule is O=C1NCCOc2ccc(C(Br)c3cccc(Br)c3)cc21. The number of amides is 1. The van der Waals surface area contributed by atoms with Crippen LogP contribution in [0.1, 0.15) is 26.3 Å². The Balaban J connectivity index is 1.98. The summed E-state index contributed by atoms with van der Waals surface area (Å²) in [5.41, 5.74) is 2.73. The molecule has 0 radical (unpaired) electrons. The molecule has 0 saturated heterocycles. The molecule has 21 heavy (non-hydrogen) atoms. The number of ether oxygens (including phenoxy) is 1. The molecule has 1 atom stereocenters. The number of carbonyl (C=O) groups is 1. The summed E-state index contributed by atoms with van der Waals surface area (Å²) < 4.78 is 6.60. The van der Waals surface area contributed by atoms with E-state index in [1.807, 2.05) is 36.4 Å². The van der Waals surface area contributed by atoms with Gasteiger partial charge in [-0.25, -0.2) is 0 Å². The van der Waals surface area contributed by atoms with Gasteiger partial charge in [0.15, 0.2) is 0 Å². The maximum absolute atomic E-state index is 12.1. The van der Waals surface area contributed by atoms with Crippen molar-refractivity contribution in [1.82, 2.24) is 5.32 Å². The van der Waals surface area contributed by atoms with Crippen LogP contribution in [0.3, 0.4) is 0 Å². The Morgan fingerprint density at radius 1 is 1.14 bits per heavy atom. The van der Waals surface area contributed by atoms with Gasteiger partial charge in [0.25, 0.3) is 5.91 Å². The van der Waals surface area contributed by atoms with Crippen LogP contribution in [-0.2, 0) is 0 Å². The van der Waals surface area contributed by atoms with Gasteiger partial charge >= 0.3 is 0 Å². The van der Waals surface area contributed by atoms with Gasteiger partial charge in [-0.2, -0.15) is 0 Å². The Labute approximate surface area is 140 Å². The second-order valence-electron chi connectivity index (χ2n) is 4.78. The van der Waals surface area contributed by atoms with Crippen LogP contribution in [-0.4, -0.2) is 19.1 Å². The van der Waals surface area contributed by atoms with Crippen LogP contribution in [0.4, 0.5) is 0 Å². The van der Waals surface area contributed by atoms with E-state index in [9.17, 15) is 4.79 Å². The lowest BCUT2D eigenvalue weighted by molar-refractivity contribution is 0.0957. The monoisotopic (exact) mass is 409 g/mol. The first-order valence-electron chi connectivity index (χ1n) is 6.59. The van der Waals surface area contributed by atoms with Gasteiger partial charge in [0.2, 0.25) is 0 Å². The summed E-state index contributed by atoms with van der Waals surface area (Å²) in [6, 6.07) is 13.8. The summed E-state index contributed by atoms with van der Waals surface area (Å²) in [6.07, 6.45) is 0. The molecule has 0 fully saturated rings. The van der Waals surface area contributed by atoms with Crippen LogP contribution in [0.15, 0.2) is 46.9 Å². The molecule has 0 aliphatic carbocycles. The number of hydrogen-bond acceptors (Lipinski definition) is 2. The van der Waals surface area contributed by atoms with Gasteiger partial charge in [0, 0.05) is 4.47 Å². The molecule has 0 spiro atoms. The zero-order valence-electron chi connectivity index (χ0n) is 11.1. The quantitative estimate of drug-likeness (QED) is 0.758. The van der Waals surface area contributed by atoms with Crippen molar-refractivity contribution in [3.63, 3.8) is 0 Å². The average Bonchev–Trinajstić information content (AvgIpc) is 2.68. The summed E-state index contributed by atoms with van der Waals surface area (Å²) in [5.74, 6) is 0.556. The van der Waals surface area contributed by atoms with Crippen molar-refractivity contribution in [2.75, 3.05) is 13.2 Å². The minimum atomic E-state index is -0.0849. The number of hydrogen-bond donors (Lipinski definition) is 1. The highest BCUT2D eigenvalue weighted by molar-refractivity contribution is 9.10. The molecule has 5 heteroatoms. The van der Waals surface area contributed by atoms with E-state index in [-0.39, 0.29) is 10.7 Å². The van der Waals surface area contributed by atoms with E-state index < -0.39 is 0 Å². The summed E-state index contributed by atoms with van der Waals surface area (Å²) >= 11 is 7.18. The topological polar surface area (TPSA) is 38.3 Å². The lowest BCUT2D eigenvalue weighted by atomic mass is 10.0. The van der Waals surface area contributed by atoms with Crippen LogP contribution < -0.4 is 10.1 Å². The van der Waals surface area contributed by atoms with Gasteiger partial charge in [-0.05, 0) is 35.4 Å². The lowest BCUT2D eigenvalue weighted by Crippen LogP contribution is -2.24. The minimum Gasteiger partial charge on any atom is -0.491 e. The van der Waals surface area contributed by atoms with Gasteiger partial charge in [-0.15, -0.1) is 0 Å². The second-order valence-corrected chi connectivity index (χ2v) is 6.61. The average molecular weight is 411 g/mol.